The highest BCUT2D eigenvalue weighted by Crippen LogP contribution is 2.20. The molecule has 0 aliphatic carbocycles. The van der Waals surface area contributed by atoms with Gasteiger partial charge in [0.2, 0.25) is 0 Å². The Labute approximate surface area is 94.1 Å². The van der Waals surface area contributed by atoms with Gasteiger partial charge in [-0.2, -0.15) is 0 Å². The molecule has 0 bridgehead atoms. The zero-order valence-corrected chi connectivity index (χ0v) is 10.5. The summed E-state index contributed by atoms with van der Waals surface area (Å²) in [6.07, 6.45) is 2.55. The summed E-state index contributed by atoms with van der Waals surface area (Å²) in [5.41, 5.74) is 2.87. The molecule has 0 heterocycles. The zero-order valence-electron chi connectivity index (χ0n) is 10.5. The van der Waals surface area contributed by atoms with Crippen molar-refractivity contribution >= 4 is 0 Å². The summed E-state index contributed by atoms with van der Waals surface area (Å²) in [6.45, 7) is 5.59. The van der Waals surface area contributed by atoms with Gasteiger partial charge in [-0.05, 0) is 37.6 Å². The highest BCUT2D eigenvalue weighted by atomic mass is 15.0. The maximum atomic E-state index is 2.31. The third-order valence-corrected chi connectivity index (χ3v) is 2.77. The molecule has 1 rings (SSSR count). The van der Waals surface area contributed by atoms with E-state index in [2.05, 4.69) is 57.1 Å². The minimum absolute atomic E-state index is 0.698. The Hall–Kier alpha value is -0.820. The monoisotopic (exact) mass is 205 g/mol. The van der Waals surface area contributed by atoms with Crippen LogP contribution in [0.2, 0.25) is 0 Å². The molecule has 15 heavy (non-hydrogen) atoms. The van der Waals surface area contributed by atoms with E-state index in [0.717, 1.165) is 6.54 Å². The van der Waals surface area contributed by atoms with Gasteiger partial charge in [0.25, 0.3) is 0 Å². The van der Waals surface area contributed by atoms with Crippen molar-refractivity contribution in [2.75, 3.05) is 14.1 Å². The van der Waals surface area contributed by atoms with Gasteiger partial charge in [-0.25, -0.2) is 0 Å². The number of nitrogens with zero attached hydrogens (tertiary/aromatic N) is 1. The molecule has 0 saturated heterocycles. The largest absolute Gasteiger partial charge is 0.305 e. The summed E-state index contributed by atoms with van der Waals surface area (Å²) >= 11 is 0. The normalized spacial score (nSPS) is 13.1. The minimum atomic E-state index is 0.698. The summed E-state index contributed by atoms with van der Waals surface area (Å²) in [5, 5.41) is 0. The van der Waals surface area contributed by atoms with E-state index in [0.29, 0.717) is 5.92 Å². The van der Waals surface area contributed by atoms with Crippen LogP contribution in [0.1, 0.15) is 43.7 Å². The Bertz CT molecular complexity index is 274. The molecule has 1 heteroatoms. The van der Waals surface area contributed by atoms with Crippen molar-refractivity contribution in [1.82, 2.24) is 4.90 Å². The van der Waals surface area contributed by atoms with E-state index in [1.807, 2.05) is 0 Å². The van der Waals surface area contributed by atoms with Gasteiger partial charge in [0.1, 0.15) is 0 Å². The van der Waals surface area contributed by atoms with Crippen molar-refractivity contribution in [2.24, 2.45) is 0 Å². The van der Waals surface area contributed by atoms with Crippen molar-refractivity contribution in [1.29, 1.82) is 0 Å². The van der Waals surface area contributed by atoms with Gasteiger partial charge in [0.15, 0.2) is 0 Å². The van der Waals surface area contributed by atoms with Gasteiger partial charge in [-0.3, -0.25) is 0 Å². The van der Waals surface area contributed by atoms with Gasteiger partial charge in [-0.15, -0.1) is 0 Å². The van der Waals surface area contributed by atoms with E-state index >= 15 is 0 Å². The molecule has 0 aromatic heterocycles. The van der Waals surface area contributed by atoms with Crippen LogP contribution in [-0.2, 0) is 6.54 Å². The molecule has 0 spiro atoms. The molecular formula is C14H23N. The van der Waals surface area contributed by atoms with E-state index in [4.69, 9.17) is 0 Å². The van der Waals surface area contributed by atoms with Crippen molar-refractivity contribution < 1.29 is 0 Å². The summed E-state index contributed by atoms with van der Waals surface area (Å²) in [4.78, 5) is 2.20. The van der Waals surface area contributed by atoms with Crippen LogP contribution < -0.4 is 0 Å². The molecule has 1 aromatic rings. The van der Waals surface area contributed by atoms with Gasteiger partial charge in [0, 0.05) is 6.54 Å². The highest BCUT2D eigenvalue weighted by Gasteiger charge is 2.03. The molecule has 0 radical (unpaired) electrons. The molecule has 0 aliphatic rings. The number of hydrogen-bond acceptors (Lipinski definition) is 1. The van der Waals surface area contributed by atoms with Crippen molar-refractivity contribution in [3.8, 4) is 0 Å². The summed E-state index contributed by atoms with van der Waals surface area (Å²) < 4.78 is 0. The zero-order chi connectivity index (χ0) is 11.3. The molecule has 1 unspecified atom stereocenters. The second kappa shape index (κ2) is 5.92. The third-order valence-electron chi connectivity index (χ3n) is 2.77. The van der Waals surface area contributed by atoms with Gasteiger partial charge in [0.05, 0.1) is 0 Å². The Balaban J connectivity index is 2.63. The fourth-order valence-corrected chi connectivity index (χ4v) is 1.92. The van der Waals surface area contributed by atoms with Crippen LogP contribution in [-0.4, -0.2) is 19.0 Å². The van der Waals surface area contributed by atoms with Crippen LogP contribution in [0.3, 0.4) is 0 Å². The lowest BCUT2D eigenvalue weighted by molar-refractivity contribution is 0.402. The molecule has 84 valence electrons. The van der Waals surface area contributed by atoms with Gasteiger partial charge < -0.3 is 4.90 Å². The summed E-state index contributed by atoms with van der Waals surface area (Å²) in [5.74, 6) is 0.698. The lowest BCUT2D eigenvalue weighted by Gasteiger charge is -2.13. The third kappa shape index (κ3) is 4.05. The van der Waals surface area contributed by atoms with E-state index in [-0.39, 0.29) is 0 Å². The molecule has 0 saturated carbocycles. The molecule has 0 amide bonds. The maximum Gasteiger partial charge on any atom is 0.0227 e. The predicted octanol–water partition coefficient (Wildman–Crippen LogP) is 3.65. The summed E-state index contributed by atoms with van der Waals surface area (Å²) in [7, 11) is 4.21. The van der Waals surface area contributed by atoms with Crippen LogP contribution >= 0.6 is 0 Å². The molecule has 1 atom stereocenters. The van der Waals surface area contributed by atoms with Crippen LogP contribution in [0.4, 0.5) is 0 Å². The van der Waals surface area contributed by atoms with Crippen LogP contribution in [0.15, 0.2) is 24.3 Å². The van der Waals surface area contributed by atoms with Crippen LogP contribution in [0.25, 0.3) is 0 Å². The molecule has 0 N–H and O–H groups in total. The average Bonchev–Trinajstić information content (AvgIpc) is 2.18. The van der Waals surface area contributed by atoms with E-state index in [1.165, 1.54) is 24.0 Å². The molecule has 1 aromatic carbocycles. The van der Waals surface area contributed by atoms with E-state index in [1.54, 1.807) is 0 Å². The Kier molecular flexibility index (Phi) is 4.83. The second-order valence-corrected chi connectivity index (χ2v) is 4.67. The smallest absolute Gasteiger partial charge is 0.0227 e. The van der Waals surface area contributed by atoms with E-state index in [9.17, 15) is 0 Å². The van der Waals surface area contributed by atoms with E-state index < -0.39 is 0 Å². The average molecular weight is 205 g/mol. The SMILES string of the molecule is CCCC(C)c1ccc(CN(C)C)cc1. The quantitative estimate of drug-likeness (QED) is 0.709. The molecule has 1 nitrogen and oxygen atoms in total. The van der Waals surface area contributed by atoms with Crippen LogP contribution in [0.5, 0.6) is 0 Å². The second-order valence-electron chi connectivity index (χ2n) is 4.67. The Morgan fingerprint density at radius 1 is 1.13 bits per heavy atom. The first-order valence-electron chi connectivity index (χ1n) is 5.87. The first-order valence-corrected chi connectivity index (χ1v) is 5.87. The highest BCUT2D eigenvalue weighted by molar-refractivity contribution is 5.24. The molecule has 0 fully saturated rings. The van der Waals surface area contributed by atoms with Crippen LogP contribution in [0, 0.1) is 0 Å². The first-order chi connectivity index (χ1) is 7.13. The number of hydrogen-bond donors (Lipinski definition) is 0. The number of rotatable bonds is 5. The Morgan fingerprint density at radius 2 is 1.73 bits per heavy atom. The van der Waals surface area contributed by atoms with Crippen molar-refractivity contribution in [3.05, 3.63) is 35.4 Å². The van der Waals surface area contributed by atoms with Crippen molar-refractivity contribution in [3.63, 3.8) is 0 Å². The van der Waals surface area contributed by atoms with Gasteiger partial charge in [-0.1, -0.05) is 44.5 Å². The first kappa shape index (κ1) is 12.3. The fourth-order valence-electron chi connectivity index (χ4n) is 1.92. The lowest BCUT2D eigenvalue weighted by Crippen LogP contribution is -2.10. The molecule has 0 aliphatic heterocycles. The minimum Gasteiger partial charge on any atom is -0.305 e. The lowest BCUT2D eigenvalue weighted by atomic mass is 9.96. The topological polar surface area (TPSA) is 3.24 Å². The summed E-state index contributed by atoms with van der Waals surface area (Å²) in [6, 6.07) is 9.06. The standard InChI is InChI=1S/C14H23N/c1-5-6-12(2)14-9-7-13(8-10-14)11-15(3)4/h7-10,12H,5-6,11H2,1-4H3. The number of benzene rings is 1. The van der Waals surface area contributed by atoms with Crippen molar-refractivity contribution in [2.45, 2.75) is 39.2 Å². The van der Waals surface area contributed by atoms with Gasteiger partial charge >= 0.3 is 0 Å². The fraction of sp³-hybridized carbons (Fsp3) is 0.571. The predicted molar refractivity (Wildman–Crippen MR) is 67.2 cm³/mol. The maximum absolute atomic E-state index is 2.31. The Morgan fingerprint density at radius 3 is 2.20 bits per heavy atom. The molecular weight excluding hydrogens is 182 g/mol.